The van der Waals surface area contributed by atoms with Gasteiger partial charge in [0.2, 0.25) is 0 Å². The third kappa shape index (κ3) is 2.02. The molecule has 0 radical (unpaired) electrons. The van der Waals surface area contributed by atoms with Gasteiger partial charge in [-0.15, -0.1) is 0 Å². The third-order valence-corrected chi connectivity index (χ3v) is 2.78. The molecule has 0 bridgehead atoms. The highest BCUT2D eigenvalue weighted by Crippen LogP contribution is 2.29. The lowest BCUT2D eigenvalue weighted by atomic mass is 10.4. The molecule has 0 amide bonds. The molecule has 0 saturated carbocycles. The van der Waals surface area contributed by atoms with E-state index in [1.165, 1.54) is 10.9 Å². The number of halogens is 4. The van der Waals surface area contributed by atoms with Gasteiger partial charge in [-0.1, -0.05) is 11.6 Å². The molecular formula is C9H8ClF3N4. The van der Waals surface area contributed by atoms with Crippen LogP contribution in [-0.4, -0.2) is 19.6 Å². The number of aromatic nitrogens is 4. The summed E-state index contributed by atoms with van der Waals surface area (Å²) in [6, 6.07) is 0.875. The van der Waals surface area contributed by atoms with Crippen molar-refractivity contribution in [2.24, 2.45) is 7.05 Å². The zero-order valence-electron chi connectivity index (χ0n) is 8.96. The van der Waals surface area contributed by atoms with Crippen LogP contribution in [0.25, 0.3) is 5.82 Å². The van der Waals surface area contributed by atoms with Crippen LogP contribution in [0.15, 0.2) is 12.3 Å². The minimum atomic E-state index is -4.47. The Bertz CT molecular complexity index is 555. The van der Waals surface area contributed by atoms with Gasteiger partial charge in [0.25, 0.3) is 0 Å². The average molecular weight is 265 g/mol. The van der Waals surface area contributed by atoms with Gasteiger partial charge in [0.15, 0.2) is 11.5 Å². The fourth-order valence-corrected chi connectivity index (χ4v) is 1.55. The predicted octanol–water partition coefficient (Wildman–Crippen LogP) is 2.59. The van der Waals surface area contributed by atoms with Gasteiger partial charge in [-0.2, -0.15) is 23.4 Å². The van der Waals surface area contributed by atoms with Crippen molar-refractivity contribution in [2.75, 3.05) is 0 Å². The predicted molar refractivity (Wildman–Crippen MR) is 55.1 cm³/mol. The minimum absolute atomic E-state index is 0.183. The number of rotatable bonds is 1. The van der Waals surface area contributed by atoms with Crippen LogP contribution in [0.2, 0.25) is 5.02 Å². The van der Waals surface area contributed by atoms with Crippen LogP contribution in [-0.2, 0) is 13.2 Å². The zero-order valence-corrected chi connectivity index (χ0v) is 9.71. The molecule has 0 aromatic carbocycles. The smallest absolute Gasteiger partial charge is 0.269 e. The van der Waals surface area contributed by atoms with Gasteiger partial charge in [-0.25, -0.2) is 4.68 Å². The van der Waals surface area contributed by atoms with E-state index < -0.39 is 11.9 Å². The summed E-state index contributed by atoms with van der Waals surface area (Å²) < 4.78 is 39.6. The molecule has 92 valence electrons. The number of aryl methyl sites for hydroxylation is 1. The first kappa shape index (κ1) is 12.0. The van der Waals surface area contributed by atoms with Gasteiger partial charge in [0.05, 0.1) is 5.69 Å². The van der Waals surface area contributed by atoms with E-state index >= 15 is 0 Å². The van der Waals surface area contributed by atoms with Crippen molar-refractivity contribution in [3.63, 3.8) is 0 Å². The van der Waals surface area contributed by atoms with Gasteiger partial charge in [-0.3, -0.25) is 4.68 Å². The first-order valence-electron chi connectivity index (χ1n) is 4.63. The number of nitrogens with zero attached hydrogens (tertiary/aromatic N) is 4. The standard InChI is InChI=1S/C9H8ClF3N4/c1-5-7(10)8(15-16(5)2)17-4-3-6(14-17)9(11,12)13/h3-4H,1-2H3. The Balaban J connectivity index is 2.48. The molecule has 0 aliphatic heterocycles. The lowest BCUT2D eigenvalue weighted by Crippen LogP contribution is -2.07. The molecule has 0 unspecified atom stereocenters. The molecular weight excluding hydrogens is 257 g/mol. The van der Waals surface area contributed by atoms with Crippen LogP contribution in [0.1, 0.15) is 11.4 Å². The normalized spacial score (nSPS) is 12.1. The van der Waals surface area contributed by atoms with Gasteiger partial charge < -0.3 is 0 Å². The van der Waals surface area contributed by atoms with Crippen LogP contribution in [0.3, 0.4) is 0 Å². The largest absolute Gasteiger partial charge is 0.435 e. The van der Waals surface area contributed by atoms with E-state index in [-0.39, 0.29) is 10.8 Å². The summed E-state index contributed by atoms with van der Waals surface area (Å²) in [4.78, 5) is 0. The molecule has 0 aliphatic rings. The van der Waals surface area contributed by atoms with Crippen molar-refractivity contribution in [2.45, 2.75) is 13.1 Å². The maximum absolute atomic E-state index is 12.4. The molecule has 0 saturated heterocycles. The van der Waals surface area contributed by atoms with Gasteiger partial charge in [-0.05, 0) is 13.0 Å². The average Bonchev–Trinajstić information content (AvgIpc) is 2.79. The topological polar surface area (TPSA) is 35.6 Å². The van der Waals surface area contributed by atoms with Crippen molar-refractivity contribution in [3.05, 3.63) is 28.7 Å². The summed E-state index contributed by atoms with van der Waals surface area (Å²) >= 11 is 5.95. The third-order valence-electron chi connectivity index (χ3n) is 2.34. The molecule has 2 heterocycles. The fourth-order valence-electron chi connectivity index (χ4n) is 1.30. The molecule has 0 fully saturated rings. The van der Waals surface area contributed by atoms with E-state index in [0.29, 0.717) is 5.69 Å². The van der Waals surface area contributed by atoms with E-state index in [9.17, 15) is 13.2 Å². The molecule has 2 aromatic heterocycles. The molecule has 17 heavy (non-hydrogen) atoms. The minimum Gasteiger partial charge on any atom is -0.269 e. The van der Waals surface area contributed by atoms with Crippen LogP contribution in [0, 0.1) is 6.92 Å². The Labute approximate surface area is 99.6 Å². The van der Waals surface area contributed by atoms with Crippen molar-refractivity contribution in [3.8, 4) is 5.82 Å². The van der Waals surface area contributed by atoms with E-state index in [4.69, 9.17) is 11.6 Å². The number of hydrogen-bond donors (Lipinski definition) is 0. The van der Waals surface area contributed by atoms with Crippen molar-refractivity contribution in [1.82, 2.24) is 19.6 Å². The Morgan fingerprint density at radius 2 is 1.94 bits per heavy atom. The lowest BCUT2D eigenvalue weighted by molar-refractivity contribution is -0.141. The molecule has 0 aliphatic carbocycles. The van der Waals surface area contributed by atoms with E-state index in [1.807, 2.05) is 0 Å². The van der Waals surface area contributed by atoms with Crippen molar-refractivity contribution >= 4 is 11.6 Å². The Hall–Kier alpha value is -1.50. The number of hydrogen-bond acceptors (Lipinski definition) is 2. The van der Waals surface area contributed by atoms with Gasteiger partial charge in [0, 0.05) is 13.2 Å². The quantitative estimate of drug-likeness (QED) is 0.794. The Morgan fingerprint density at radius 3 is 2.35 bits per heavy atom. The summed E-state index contributed by atoms with van der Waals surface area (Å²) in [5, 5.41) is 7.67. The second kappa shape index (κ2) is 3.76. The summed E-state index contributed by atoms with van der Waals surface area (Å²) in [6.45, 7) is 1.72. The van der Waals surface area contributed by atoms with Crippen molar-refractivity contribution < 1.29 is 13.2 Å². The highest BCUT2D eigenvalue weighted by atomic mass is 35.5. The second-order valence-corrected chi connectivity index (χ2v) is 3.87. The summed E-state index contributed by atoms with van der Waals surface area (Å²) in [7, 11) is 1.65. The maximum Gasteiger partial charge on any atom is 0.435 e. The van der Waals surface area contributed by atoms with Gasteiger partial charge >= 0.3 is 6.18 Å². The number of alkyl halides is 3. The lowest BCUT2D eigenvalue weighted by Gasteiger charge is -2.00. The van der Waals surface area contributed by atoms with Crippen LogP contribution in [0.4, 0.5) is 13.2 Å². The first-order valence-corrected chi connectivity index (χ1v) is 5.01. The summed E-state index contributed by atoms with van der Waals surface area (Å²) in [5.74, 6) is 0.183. The fraction of sp³-hybridized carbons (Fsp3) is 0.333. The first-order chi connectivity index (χ1) is 7.80. The highest BCUT2D eigenvalue weighted by Gasteiger charge is 2.34. The molecule has 0 atom stereocenters. The SMILES string of the molecule is Cc1c(Cl)c(-n2ccc(C(F)(F)F)n2)nn1C. The summed E-state index contributed by atoms with van der Waals surface area (Å²) in [5.41, 5.74) is -0.317. The van der Waals surface area contributed by atoms with E-state index in [0.717, 1.165) is 10.7 Å². The van der Waals surface area contributed by atoms with Crippen LogP contribution < -0.4 is 0 Å². The molecule has 8 heteroatoms. The van der Waals surface area contributed by atoms with Crippen LogP contribution in [0.5, 0.6) is 0 Å². The summed E-state index contributed by atoms with van der Waals surface area (Å²) in [6.07, 6.45) is -3.29. The maximum atomic E-state index is 12.4. The highest BCUT2D eigenvalue weighted by molar-refractivity contribution is 6.32. The zero-order chi connectivity index (χ0) is 12.8. The second-order valence-electron chi connectivity index (χ2n) is 3.49. The van der Waals surface area contributed by atoms with Crippen molar-refractivity contribution in [1.29, 1.82) is 0 Å². The monoisotopic (exact) mass is 264 g/mol. The molecule has 0 spiro atoms. The van der Waals surface area contributed by atoms with Crippen LogP contribution >= 0.6 is 11.6 Å². The van der Waals surface area contributed by atoms with E-state index in [1.54, 1.807) is 14.0 Å². The Morgan fingerprint density at radius 1 is 1.29 bits per heavy atom. The molecule has 2 rings (SSSR count). The molecule has 0 N–H and O–H groups in total. The Kier molecular flexibility index (Phi) is 2.65. The molecule has 2 aromatic rings. The van der Waals surface area contributed by atoms with E-state index in [2.05, 4.69) is 10.2 Å². The molecule has 4 nitrogen and oxygen atoms in total. The van der Waals surface area contributed by atoms with Gasteiger partial charge in [0.1, 0.15) is 5.02 Å².